The summed E-state index contributed by atoms with van der Waals surface area (Å²) in [5, 5.41) is 13.1. The van der Waals surface area contributed by atoms with E-state index in [0.717, 1.165) is 18.5 Å². The van der Waals surface area contributed by atoms with Gasteiger partial charge in [0.1, 0.15) is 5.75 Å². The fourth-order valence-electron chi connectivity index (χ4n) is 2.97. The second kappa shape index (κ2) is 6.93. The van der Waals surface area contributed by atoms with Gasteiger partial charge in [0, 0.05) is 31.4 Å². The first kappa shape index (κ1) is 16.3. The Balaban J connectivity index is 1.63. The highest BCUT2D eigenvalue weighted by Crippen LogP contribution is 2.29. The van der Waals surface area contributed by atoms with Crippen molar-refractivity contribution < 1.29 is 14.6 Å². The summed E-state index contributed by atoms with van der Waals surface area (Å²) in [5.74, 6) is 0.403. The molecule has 0 radical (unpaired) electrons. The van der Waals surface area contributed by atoms with Crippen LogP contribution in [0.15, 0.2) is 42.5 Å². The summed E-state index contributed by atoms with van der Waals surface area (Å²) < 4.78 is 5.12. The number of nitrogens with zero attached hydrogens (tertiary/aromatic N) is 1. The number of carbonyl (C=O) groups excluding carboxylic acids is 1. The molecule has 126 valence electrons. The molecule has 0 saturated carbocycles. The monoisotopic (exact) mass is 326 g/mol. The molecule has 1 amide bonds. The Hall–Kier alpha value is -2.53. The zero-order valence-electron chi connectivity index (χ0n) is 14.0. The summed E-state index contributed by atoms with van der Waals surface area (Å²) >= 11 is 0. The molecule has 1 heterocycles. The van der Waals surface area contributed by atoms with Gasteiger partial charge in [-0.1, -0.05) is 18.2 Å². The lowest BCUT2D eigenvalue weighted by molar-refractivity contribution is 0.0916. The van der Waals surface area contributed by atoms with Crippen LogP contribution < -0.4 is 15.0 Å². The number of hydrogen-bond acceptors (Lipinski definition) is 4. The molecule has 1 atom stereocenters. The lowest BCUT2D eigenvalue weighted by Gasteiger charge is -2.15. The number of likely N-dealkylation sites (N-methyl/N-ethyl adjacent to an activating group) is 1. The number of amides is 1. The van der Waals surface area contributed by atoms with E-state index >= 15 is 0 Å². The third kappa shape index (κ3) is 3.36. The Morgan fingerprint density at radius 1 is 1.33 bits per heavy atom. The normalized spacial score (nSPS) is 14.2. The molecule has 1 aliphatic heterocycles. The van der Waals surface area contributed by atoms with Crippen molar-refractivity contribution in [3.63, 3.8) is 0 Å². The summed E-state index contributed by atoms with van der Waals surface area (Å²) in [6.07, 6.45) is 0.263. The first-order valence-corrected chi connectivity index (χ1v) is 8.03. The van der Waals surface area contributed by atoms with Gasteiger partial charge in [-0.15, -0.1) is 0 Å². The first-order valence-electron chi connectivity index (χ1n) is 8.03. The molecule has 0 bridgehead atoms. The minimum Gasteiger partial charge on any atom is -0.497 e. The second-order valence-electron chi connectivity index (χ2n) is 6.02. The molecule has 2 N–H and O–H groups in total. The Morgan fingerprint density at radius 3 is 2.96 bits per heavy atom. The van der Waals surface area contributed by atoms with Crippen LogP contribution in [0.5, 0.6) is 5.75 Å². The standard InChI is InChI=1S/C19H22N2O3/c1-21-9-8-13-10-14(6-7-17(13)21)18(22)12-20-19(23)15-4-3-5-16(11-15)24-2/h3-7,10-11,18,22H,8-9,12H2,1-2H3,(H,20,23)/t18-/m1/s1. The molecular formula is C19H22N2O3. The highest BCUT2D eigenvalue weighted by atomic mass is 16.5. The Kier molecular flexibility index (Phi) is 4.71. The van der Waals surface area contributed by atoms with E-state index in [0.29, 0.717) is 11.3 Å². The first-order chi connectivity index (χ1) is 11.6. The predicted molar refractivity (Wildman–Crippen MR) is 93.7 cm³/mol. The van der Waals surface area contributed by atoms with E-state index in [1.54, 1.807) is 31.4 Å². The number of nitrogens with one attached hydrogen (secondary N) is 1. The van der Waals surface area contributed by atoms with Gasteiger partial charge in [0.15, 0.2) is 0 Å². The van der Waals surface area contributed by atoms with Crippen molar-refractivity contribution in [3.05, 3.63) is 59.2 Å². The lowest BCUT2D eigenvalue weighted by atomic mass is 10.0. The van der Waals surface area contributed by atoms with Crippen LogP contribution in [-0.2, 0) is 6.42 Å². The van der Waals surface area contributed by atoms with Crippen molar-refractivity contribution >= 4 is 11.6 Å². The maximum Gasteiger partial charge on any atom is 0.251 e. The molecule has 5 heteroatoms. The van der Waals surface area contributed by atoms with E-state index in [2.05, 4.69) is 17.3 Å². The Labute approximate surface area is 141 Å². The van der Waals surface area contributed by atoms with E-state index in [1.807, 2.05) is 18.2 Å². The highest BCUT2D eigenvalue weighted by molar-refractivity contribution is 5.94. The quantitative estimate of drug-likeness (QED) is 0.884. The van der Waals surface area contributed by atoms with Gasteiger partial charge in [-0.25, -0.2) is 0 Å². The molecule has 1 aliphatic rings. The van der Waals surface area contributed by atoms with Gasteiger partial charge < -0.3 is 20.1 Å². The number of carbonyl (C=O) groups is 1. The van der Waals surface area contributed by atoms with Crippen molar-refractivity contribution in [2.45, 2.75) is 12.5 Å². The van der Waals surface area contributed by atoms with Crippen molar-refractivity contribution in [2.24, 2.45) is 0 Å². The van der Waals surface area contributed by atoms with E-state index in [4.69, 9.17) is 4.74 Å². The predicted octanol–water partition coefficient (Wildman–Crippen LogP) is 2.15. The van der Waals surface area contributed by atoms with Crippen LogP contribution in [-0.4, -0.2) is 38.3 Å². The molecule has 0 aromatic heterocycles. The molecule has 0 saturated heterocycles. The van der Waals surface area contributed by atoms with Crippen molar-refractivity contribution in [1.82, 2.24) is 5.32 Å². The van der Waals surface area contributed by atoms with Crippen LogP contribution in [0.3, 0.4) is 0 Å². The van der Waals surface area contributed by atoms with Crippen LogP contribution in [0.25, 0.3) is 0 Å². The maximum absolute atomic E-state index is 12.2. The molecule has 24 heavy (non-hydrogen) atoms. The molecule has 5 nitrogen and oxygen atoms in total. The fourth-order valence-corrected chi connectivity index (χ4v) is 2.97. The zero-order valence-corrected chi connectivity index (χ0v) is 14.0. The lowest BCUT2D eigenvalue weighted by Crippen LogP contribution is -2.28. The van der Waals surface area contributed by atoms with Gasteiger partial charge in [-0.2, -0.15) is 0 Å². The van der Waals surface area contributed by atoms with Crippen LogP contribution in [0.2, 0.25) is 0 Å². The van der Waals surface area contributed by atoms with Crippen LogP contribution in [0.4, 0.5) is 5.69 Å². The summed E-state index contributed by atoms with van der Waals surface area (Å²) in [6, 6.07) is 12.9. The zero-order chi connectivity index (χ0) is 17.1. The third-order valence-corrected chi connectivity index (χ3v) is 4.40. The van der Waals surface area contributed by atoms with Gasteiger partial charge >= 0.3 is 0 Å². The van der Waals surface area contributed by atoms with Crippen LogP contribution >= 0.6 is 0 Å². The smallest absolute Gasteiger partial charge is 0.251 e. The van der Waals surface area contributed by atoms with Gasteiger partial charge in [0.2, 0.25) is 0 Å². The number of anilines is 1. The molecule has 0 aliphatic carbocycles. The average Bonchev–Trinajstić information content (AvgIpc) is 2.99. The van der Waals surface area contributed by atoms with Crippen molar-refractivity contribution in [1.29, 1.82) is 0 Å². The minimum atomic E-state index is -0.726. The molecule has 2 aromatic rings. The topological polar surface area (TPSA) is 61.8 Å². The van der Waals surface area contributed by atoms with Crippen LogP contribution in [0, 0.1) is 0 Å². The SMILES string of the molecule is COc1cccc(C(=O)NC[C@@H](O)c2ccc3c(c2)CCN3C)c1. The maximum atomic E-state index is 12.2. The molecule has 2 aromatic carbocycles. The Morgan fingerprint density at radius 2 is 2.17 bits per heavy atom. The van der Waals surface area contributed by atoms with Crippen molar-refractivity contribution in [2.75, 3.05) is 32.1 Å². The summed E-state index contributed by atoms with van der Waals surface area (Å²) in [5.41, 5.74) is 3.80. The number of fused-ring (bicyclic) bond motifs is 1. The van der Waals surface area contributed by atoms with E-state index < -0.39 is 6.10 Å². The fraction of sp³-hybridized carbons (Fsp3) is 0.316. The van der Waals surface area contributed by atoms with Gasteiger partial charge in [-0.3, -0.25) is 4.79 Å². The summed E-state index contributed by atoms with van der Waals surface area (Å²) in [7, 11) is 3.63. The molecule has 0 fully saturated rings. The van der Waals surface area contributed by atoms with Gasteiger partial charge in [-0.05, 0) is 41.8 Å². The number of methoxy groups -OCH3 is 1. The number of ether oxygens (including phenoxy) is 1. The van der Waals surface area contributed by atoms with E-state index in [1.165, 1.54) is 11.3 Å². The van der Waals surface area contributed by atoms with Gasteiger partial charge in [0.25, 0.3) is 5.91 Å². The Bertz CT molecular complexity index is 745. The minimum absolute atomic E-state index is 0.171. The molecule has 3 rings (SSSR count). The number of aliphatic hydroxyl groups excluding tert-OH is 1. The number of aliphatic hydroxyl groups is 1. The summed E-state index contributed by atoms with van der Waals surface area (Å²) in [6.45, 7) is 1.17. The van der Waals surface area contributed by atoms with Crippen LogP contribution in [0.1, 0.15) is 27.6 Å². The summed E-state index contributed by atoms with van der Waals surface area (Å²) in [4.78, 5) is 14.4. The van der Waals surface area contributed by atoms with E-state index in [9.17, 15) is 9.90 Å². The number of hydrogen-bond donors (Lipinski definition) is 2. The molecular weight excluding hydrogens is 304 g/mol. The average molecular weight is 326 g/mol. The largest absolute Gasteiger partial charge is 0.497 e. The number of rotatable bonds is 5. The van der Waals surface area contributed by atoms with Crippen molar-refractivity contribution in [3.8, 4) is 5.75 Å². The molecule has 0 unspecified atom stereocenters. The third-order valence-electron chi connectivity index (χ3n) is 4.40. The second-order valence-corrected chi connectivity index (χ2v) is 6.02. The highest BCUT2D eigenvalue weighted by Gasteiger charge is 2.18. The van der Waals surface area contributed by atoms with E-state index in [-0.39, 0.29) is 12.5 Å². The van der Waals surface area contributed by atoms with Gasteiger partial charge in [0.05, 0.1) is 13.2 Å². The number of benzene rings is 2. The molecule has 0 spiro atoms.